The molecule has 2 rings (SSSR count). The fraction of sp³-hybridized carbons (Fsp3) is 0.471. The van der Waals surface area contributed by atoms with E-state index in [1.54, 1.807) is 13.8 Å². The van der Waals surface area contributed by atoms with Crippen molar-refractivity contribution in [1.82, 2.24) is 5.06 Å². The molecular weight excluding hydrogens is 282 g/mol. The summed E-state index contributed by atoms with van der Waals surface area (Å²) in [5.41, 5.74) is 3.15. The van der Waals surface area contributed by atoms with Crippen LogP contribution >= 0.6 is 0 Å². The minimum absolute atomic E-state index is 0.0189. The smallest absolute Gasteiger partial charge is 0.282 e. The number of hydrogen-bond donors (Lipinski definition) is 1. The van der Waals surface area contributed by atoms with E-state index in [0.29, 0.717) is 5.57 Å². The van der Waals surface area contributed by atoms with Crippen LogP contribution in [0.15, 0.2) is 17.9 Å². The lowest BCUT2D eigenvalue weighted by molar-refractivity contribution is -0.238. The van der Waals surface area contributed by atoms with Crippen molar-refractivity contribution < 1.29 is 19.5 Å². The van der Waals surface area contributed by atoms with Gasteiger partial charge in [0.15, 0.2) is 6.79 Å². The zero-order chi connectivity index (χ0) is 16.7. The normalized spacial score (nSPS) is 17.5. The van der Waals surface area contributed by atoms with Gasteiger partial charge < -0.3 is 9.84 Å². The first kappa shape index (κ1) is 16.5. The van der Waals surface area contributed by atoms with Gasteiger partial charge in [-0.25, -0.2) is 9.90 Å². The monoisotopic (exact) mass is 305 g/mol. The third-order valence-electron chi connectivity index (χ3n) is 4.22. The summed E-state index contributed by atoms with van der Waals surface area (Å²) in [5.74, 6) is -0.332. The van der Waals surface area contributed by atoms with Crippen LogP contribution in [0.25, 0.3) is 5.57 Å². The lowest BCUT2D eigenvalue weighted by atomic mass is 9.90. The summed E-state index contributed by atoms with van der Waals surface area (Å²) in [5, 5.41) is 11.8. The highest BCUT2D eigenvalue weighted by Crippen LogP contribution is 2.41. The topological polar surface area (TPSA) is 59.0 Å². The van der Waals surface area contributed by atoms with Gasteiger partial charge in [-0.05, 0) is 56.9 Å². The molecule has 1 amide bonds. The first-order valence-electron chi connectivity index (χ1n) is 7.20. The molecule has 0 spiro atoms. The average Bonchev–Trinajstić information content (AvgIpc) is 2.62. The number of hydroxylamine groups is 2. The zero-order valence-corrected chi connectivity index (χ0v) is 14.0. The standard InChI is InChI=1S/C17H23NO4/c1-10-7-8-11(2)13(12(10)3)14-15(19)17(4,5)18(16(14)20)22-9-21-6/h7-8,19H,9H2,1-6H3. The number of carbonyl (C=O) groups excluding carboxylic acids is 1. The van der Waals surface area contributed by atoms with Crippen LogP contribution in [0.1, 0.15) is 36.1 Å². The SMILES string of the molecule is COCON1C(=O)C(c2c(C)ccc(C)c2C)=C(O)C1(C)C. The van der Waals surface area contributed by atoms with E-state index in [1.807, 2.05) is 32.9 Å². The molecule has 0 aromatic heterocycles. The van der Waals surface area contributed by atoms with Gasteiger partial charge in [-0.2, -0.15) is 0 Å². The second kappa shape index (κ2) is 5.74. The highest BCUT2D eigenvalue weighted by atomic mass is 16.8. The van der Waals surface area contributed by atoms with E-state index in [4.69, 9.17) is 9.57 Å². The molecule has 5 nitrogen and oxygen atoms in total. The van der Waals surface area contributed by atoms with Crippen molar-refractivity contribution in [2.45, 2.75) is 40.2 Å². The van der Waals surface area contributed by atoms with Crippen molar-refractivity contribution in [3.05, 3.63) is 40.1 Å². The minimum atomic E-state index is -0.937. The van der Waals surface area contributed by atoms with E-state index < -0.39 is 5.54 Å². The first-order valence-corrected chi connectivity index (χ1v) is 7.20. The number of aryl methyl sites for hydroxylation is 2. The van der Waals surface area contributed by atoms with Crippen LogP contribution < -0.4 is 0 Å². The second-order valence-corrected chi connectivity index (χ2v) is 6.12. The Kier molecular flexibility index (Phi) is 4.31. The fourth-order valence-electron chi connectivity index (χ4n) is 2.75. The van der Waals surface area contributed by atoms with Gasteiger partial charge in [0.25, 0.3) is 5.91 Å². The van der Waals surface area contributed by atoms with Crippen LogP contribution in [0.4, 0.5) is 0 Å². The Morgan fingerprint density at radius 3 is 2.36 bits per heavy atom. The molecule has 0 fully saturated rings. The van der Waals surface area contributed by atoms with Crippen molar-refractivity contribution in [3.8, 4) is 0 Å². The van der Waals surface area contributed by atoms with E-state index in [9.17, 15) is 9.90 Å². The molecule has 1 heterocycles. The predicted molar refractivity (Wildman–Crippen MR) is 84.1 cm³/mol. The first-order chi connectivity index (χ1) is 10.2. The highest BCUT2D eigenvalue weighted by molar-refractivity contribution is 6.23. The summed E-state index contributed by atoms with van der Waals surface area (Å²) in [7, 11) is 1.48. The van der Waals surface area contributed by atoms with Crippen molar-refractivity contribution in [3.63, 3.8) is 0 Å². The zero-order valence-electron chi connectivity index (χ0n) is 14.0. The van der Waals surface area contributed by atoms with E-state index >= 15 is 0 Å². The third-order valence-corrected chi connectivity index (χ3v) is 4.22. The quantitative estimate of drug-likeness (QED) is 0.869. The molecule has 1 aliphatic rings. The summed E-state index contributed by atoms with van der Waals surface area (Å²) in [6.07, 6.45) is 0. The van der Waals surface area contributed by atoms with Crippen LogP contribution in [0, 0.1) is 20.8 Å². The number of methoxy groups -OCH3 is 1. The van der Waals surface area contributed by atoms with Crippen molar-refractivity contribution >= 4 is 11.5 Å². The molecule has 120 valence electrons. The maximum atomic E-state index is 12.8. The van der Waals surface area contributed by atoms with Gasteiger partial charge in [-0.3, -0.25) is 4.79 Å². The van der Waals surface area contributed by atoms with Crippen molar-refractivity contribution in [2.75, 3.05) is 13.9 Å². The minimum Gasteiger partial charge on any atom is -0.509 e. The van der Waals surface area contributed by atoms with Crippen LogP contribution in [0.3, 0.4) is 0 Å². The number of amides is 1. The van der Waals surface area contributed by atoms with Gasteiger partial charge >= 0.3 is 0 Å². The molecule has 0 unspecified atom stereocenters. The number of nitrogens with zero attached hydrogens (tertiary/aromatic N) is 1. The summed E-state index contributed by atoms with van der Waals surface area (Å²) in [6.45, 7) is 9.30. The third kappa shape index (κ3) is 2.40. The maximum Gasteiger partial charge on any atom is 0.282 e. The predicted octanol–water partition coefficient (Wildman–Crippen LogP) is 3.04. The molecule has 0 radical (unpaired) electrons. The molecule has 0 saturated carbocycles. The number of benzene rings is 1. The number of aliphatic hydroxyl groups excluding tert-OH is 1. The van der Waals surface area contributed by atoms with E-state index in [1.165, 1.54) is 12.2 Å². The van der Waals surface area contributed by atoms with E-state index in [2.05, 4.69) is 0 Å². The van der Waals surface area contributed by atoms with Crippen LogP contribution in [0.2, 0.25) is 0 Å². The second-order valence-electron chi connectivity index (χ2n) is 6.12. The molecule has 0 bridgehead atoms. The molecular formula is C17H23NO4. The Morgan fingerprint density at radius 2 is 1.77 bits per heavy atom. The largest absolute Gasteiger partial charge is 0.509 e. The van der Waals surface area contributed by atoms with Crippen LogP contribution in [0.5, 0.6) is 0 Å². The molecule has 0 atom stereocenters. The Labute approximate surface area is 131 Å². The van der Waals surface area contributed by atoms with Gasteiger partial charge in [-0.1, -0.05) is 12.1 Å². The summed E-state index contributed by atoms with van der Waals surface area (Å²) in [6, 6.07) is 3.96. The van der Waals surface area contributed by atoms with Crippen molar-refractivity contribution in [2.24, 2.45) is 0 Å². The number of carbonyl (C=O) groups is 1. The molecule has 0 saturated heterocycles. The molecule has 5 heteroatoms. The number of rotatable bonds is 4. The summed E-state index contributed by atoms with van der Waals surface area (Å²) in [4.78, 5) is 18.2. The van der Waals surface area contributed by atoms with Gasteiger partial charge in [0.05, 0.1) is 5.57 Å². The molecule has 1 aliphatic heterocycles. The number of hydrogen-bond acceptors (Lipinski definition) is 4. The lowest BCUT2D eigenvalue weighted by Gasteiger charge is -2.30. The Balaban J connectivity index is 2.59. The van der Waals surface area contributed by atoms with Gasteiger partial charge in [0, 0.05) is 7.11 Å². The number of ether oxygens (including phenoxy) is 1. The Morgan fingerprint density at radius 1 is 1.18 bits per heavy atom. The Bertz CT molecular complexity index is 646. The number of aliphatic hydroxyl groups is 1. The molecule has 0 aliphatic carbocycles. The molecule has 1 N–H and O–H groups in total. The lowest BCUT2D eigenvalue weighted by Crippen LogP contribution is -2.43. The molecule has 1 aromatic rings. The average molecular weight is 305 g/mol. The summed E-state index contributed by atoms with van der Waals surface area (Å²) >= 11 is 0. The van der Waals surface area contributed by atoms with Crippen molar-refractivity contribution in [1.29, 1.82) is 0 Å². The molecule has 22 heavy (non-hydrogen) atoms. The van der Waals surface area contributed by atoms with Gasteiger partial charge in [-0.15, -0.1) is 0 Å². The highest BCUT2D eigenvalue weighted by Gasteiger charge is 2.48. The fourth-order valence-corrected chi connectivity index (χ4v) is 2.75. The van der Waals surface area contributed by atoms with Crippen LogP contribution in [-0.2, 0) is 14.4 Å². The van der Waals surface area contributed by atoms with Gasteiger partial charge in [0.2, 0.25) is 0 Å². The van der Waals surface area contributed by atoms with Gasteiger partial charge in [0.1, 0.15) is 11.3 Å². The van der Waals surface area contributed by atoms with Crippen LogP contribution in [-0.4, -0.2) is 35.5 Å². The molecule has 1 aromatic carbocycles. The Hall–Kier alpha value is -1.85. The van der Waals surface area contributed by atoms with E-state index in [0.717, 1.165) is 22.3 Å². The summed E-state index contributed by atoms with van der Waals surface area (Å²) < 4.78 is 4.87. The van der Waals surface area contributed by atoms with E-state index in [-0.39, 0.29) is 18.5 Å². The maximum absolute atomic E-state index is 12.8.